The van der Waals surface area contributed by atoms with Crippen LogP contribution in [0.3, 0.4) is 0 Å². The number of hydrogen-bond acceptors (Lipinski definition) is 16. The molecule has 0 bridgehead atoms. The van der Waals surface area contributed by atoms with E-state index in [-0.39, 0.29) is 41.8 Å². The van der Waals surface area contributed by atoms with Crippen molar-refractivity contribution in [1.29, 1.82) is 0 Å². The van der Waals surface area contributed by atoms with Crippen LogP contribution in [0.15, 0.2) is 41.4 Å². The minimum atomic E-state index is -2.55. The number of nitrogen functional groups attached to an aromatic ring is 1. The highest BCUT2D eigenvalue weighted by atomic mass is 31.1. The van der Waals surface area contributed by atoms with Gasteiger partial charge < -0.3 is 44.5 Å². The number of carbonyl (C=O) groups excluding carboxylic acids is 1. The summed E-state index contributed by atoms with van der Waals surface area (Å²) in [7, 11) is -1.13. The van der Waals surface area contributed by atoms with Crippen molar-refractivity contribution in [3.8, 4) is 17.5 Å². The molecule has 0 aliphatic carbocycles. The van der Waals surface area contributed by atoms with Crippen molar-refractivity contribution in [3.05, 3.63) is 36.7 Å². The molecule has 0 amide bonds. The number of hydrogen-bond donors (Lipinski definition) is 3. The molecule has 6 rings (SSSR count). The van der Waals surface area contributed by atoms with Crippen LogP contribution in [0, 0.1) is 0 Å². The van der Waals surface area contributed by atoms with Gasteiger partial charge in [-0.2, -0.15) is 9.97 Å². The molecule has 2 saturated heterocycles. The fraction of sp³-hybridized carbons (Fsp3) is 0.483. The van der Waals surface area contributed by atoms with E-state index < -0.39 is 44.2 Å². The number of rotatable bonds is 10. The number of esters is 1. The third-order valence-corrected chi connectivity index (χ3v) is 8.78. The van der Waals surface area contributed by atoms with Gasteiger partial charge in [0, 0.05) is 24.3 Å². The second-order valence-electron chi connectivity index (χ2n) is 11.3. The number of nitrogens with zero attached hydrogens (tertiary/aromatic N) is 6. The second-order valence-corrected chi connectivity index (χ2v) is 12.2. The average molecular weight is 672 g/mol. The maximum absolute atomic E-state index is 12.5. The molecule has 2 aliphatic heterocycles. The fourth-order valence-corrected chi connectivity index (χ4v) is 6.07. The smallest absolute Gasteiger partial charge is 0.395 e. The normalized spacial score (nSPS) is 24.4. The molecule has 17 nitrogen and oxygen atoms in total. The number of benzene rings is 1. The zero-order valence-corrected chi connectivity index (χ0v) is 26.6. The highest BCUT2D eigenvalue weighted by Gasteiger charge is 2.54. The molecular weight excluding hydrogens is 637 g/mol. The number of fused-ring (bicyclic) bond motifs is 2. The first-order valence-corrected chi connectivity index (χ1v) is 15.9. The molecule has 6 atom stereocenters. The van der Waals surface area contributed by atoms with Crippen LogP contribution in [0.4, 0.5) is 5.95 Å². The van der Waals surface area contributed by atoms with Crippen LogP contribution in [-0.2, 0) is 19.0 Å². The SMILES string of the molecule is COc1nc(N)nc2c1ncn2C1O[C@H](COc2ccc3cc(O[P+]([O-])=N[C@@H](C)C(=O)OC4CCOCC4)ccc3n2)[C@@H](O)[C@@]1(C)O. The molecule has 4 N–H and O–H groups in total. The summed E-state index contributed by atoms with van der Waals surface area (Å²) < 4.78 is 38.6. The quantitative estimate of drug-likeness (QED) is 0.160. The van der Waals surface area contributed by atoms with E-state index in [2.05, 4.69) is 24.7 Å². The molecule has 1 aromatic carbocycles. The molecule has 3 aromatic heterocycles. The highest BCUT2D eigenvalue weighted by Crippen LogP contribution is 2.40. The van der Waals surface area contributed by atoms with Crippen LogP contribution in [-0.4, -0.2) is 97.6 Å². The lowest BCUT2D eigenvalue weighted by Gasteiger charge is -2.27. The Bertz CT molecular complexity index is 1800. The monoisotopic (exact) mass is 671 g/mol. The molecule has 2 aliphatic rings. The lowest BCUT2D eigenvalue weighted by Crippen LogP contribution is -2.44. The molecule has 0 spiro atoms. The predicted molar refractivity (Wildman–Crippen MR) is 163 cm³/mol. The van der Waals surface area contributed by atoms with Crippen molar-refractivity contribution in [2.45, 2.75) is 62.9 Å². The largest absolute Gasteiger partial charge is 0.575 e. The van der Waals surface area contributed by atoms with Crippen molar-refractivity contribution in [2.75, 3.05) is 32.7 Å². The number of aromatic nitrogens is 5. The molecular formula is C29H34N7O10P. The summed E-state index contributed by atoms with van der Waals surface area (Å²) in [6.45, 7) is 3.86. The summed E-state index contributed by atoms with van der Waals surface area (Å²) in [5.74, 6) is 0.0461. The predicted octanol–water partition coefficient (Wildman–Crippen LogP) is 1.40. The van der Waals surface area contributed by atoms with Gasteiger partial charge in [-0.3, -0.25) is 9.09 Å². The van der Waals surface area contributed by atoms with Gasteiger partial charge in [-0.1, -0.05) is 4.74 Å². The van der Waals surface area contributed by atoms with E-state index in [1.807, 2.05) is 0 Å². The van der Waals surface area contributed by atoms with E-state index in [1.54, 1.807) is 30.3 Å². The van der Waals surface area contributed by atoms with Gasteiger partial charge in [0.1, 0.15) is 30.5 Å². The van der Waals surface area contributed by atoms with Crippen molar-refractivity contribution < 1.29 is 48.1 Å². The number of methoxy groups -OCH3 is 1. The lowest BCUT2D eigenvalue weighted by molar-refractivity contribution is -0.170. The molecule has 2 fully saturated rings. The standard InChI is InChI=1S/C29H34N7O10P/c1-15(26(38)44-17-8-10-42-11-9-17)35-47(40)46-18-5-6-19-16(12-18)4-7-21(32-19)43-13-20-23(37)29(2,39)27(45-20)36-14-31-22-24(36)33-28(30)34-25(22)41-3/h4-7,12,14-15,17,20,23,27,37,39H,8-11,13H2,1-3H3,(H2,30,33,34)/t15-,20+,23+,27?,29+/m0/s1. The number of nitrogens with two attached hydrogens (primary N) is 1. The van der Waals surface area contributed by atoms with E-state index in [0.29, 0.717) is 42.5 Å². The van der Waals surface area contributed by atoms with Gasteiger partial charge in [0.15, 0.2) is 29.2 Å². The van der Waals surface area contributed by atoms with Gasteiger partial charge >= 0.3 is 14.1 Å². The summed E-state index contributed by atoms with van der Waals surface area (Å²) in [5.41, 5.74) is 5.18. The summed E-state index contributed by atoms with van der Waals surface area (Å²) in [6.07, 6.45) is -0.983. The minimum absolute atomic E-state index is 0.0585. The average Bonchev–Trinajstić information content (AvgIpc) is 3.56. The first kappa shape index (κ1) is 32.7. The Morgan fingerprint density at radius 3 is 2.81 bits per heavy atom. The van der Waals surface area contributed by atoms with E-state index in [0.717, 1.165) is 0 Å². The molecule has 250 valence electrons. The molecule has 2 unspecified atom stereocenters. The lowest BCUT2D eigenvalue weighted by atomic mass is 9.96. The van der Waals surface area contributed by atoms with Gasteiger partial charge in [-0.15, -0.1) is 0 Å². The first-order chi connectivity index (χ1) is 22.5. The van der Waals surface area contributed by atoms with Crippen LogP contribution in [0.2, 0.25) is 0 Å². The number of aliphatic hydroxyl groups excluding tert-OH is 1. The van der Waals surface area contributed by atoms with E-state index in [9.17, 15) is 19.9 Å². The van der Waals surface area contributed by atoms with Crippen LogP contribution >= 0.6 is 8.17 Å². The Kier molecular flexibility index (Phi) is 9.36. The van der Waals surface area contributed by atoms with Crippen LogP contribution < -0.4 is 24.6 Å². The summed E-state index contributed by atoms with van der Waals surface area (Å²) in [4.78, 5) is 41.8. The zero-order valence-electron chi connectivity index (χ0n) is 25.8. The second kappa shape index (κ2) is 13.5. The number of carbonyl (C=O) groups is 1. The maximum atomic E-state index is 12.5. The Labute approximate surface area is 269 Å². The number of imidazole rings is 1. The maximum Gasteiger partial charge on any atom is 0.395 e. The van der Waals surface area contributed by atoms with Crippen LogP contribution in [0.1, 0.15) is 32.9 Å². The number of ether oxygens (including phenoxy) is 5. The zero-order chi connectivity index (χ0) is 33.3. The van der Waals surface area contributed by atoms with Gasteiger partial charge in [0.2, 0.25) is 17.7 Å². The first-order valence-electron chi connectivity index (χ1n) is 14.8. The number of anilines is 1. The minimum Gasteiger partial charge on any atom is -0.575 e. The van der Waals surface area contributed by atoms with Gasteiger partial charge in [0.05, 0.1) is 32.2 Å². The van der Waals surface area contributed by atoms with Crippen molar-refractivity contribution >= 4 is 42.2 Å². The van der Waals surface area contributed by atoms with E-state index in [4.69, 9.17) is 33.9 Å². The van der Waals surface area contributed by atoms with E-state index >= 15 is 0 Å². The molecule has 4 aromatic rings. The Morgan fingerprint density at radius 2 is 2.04 bits per heavy atom. The number of pyridine rings is 1. The Balaban J connectivity index is 1.08. The van der Waals surface area contributed by atoms with Crippen molar-refractivity contribution in [2.24, 2.45) is 4.74 Å². The summed E-state index contributed by atoms with van der Waals surface area (Å²) >= 11 is 0. The third kappa shape index (κ3) is 6.90. The van der Waals surface area contributed by atoms with Crippen LogP contribution in [0.5, 0.6) is 17.5 Å². The molecule has 18 heteroatoms. The van der Waals surface area contributed by atoms with Gasteiger partial charge in [0.25, 0.3) is 0 Å². The van der Waals surface area contributed by atoms with Crippen LogP contribution in [0.25, 0.3) is 22.1 Å². The fourth-order valence-electron chi connectivity index (χ4n) is 5.35. The number of aliphatic hydroxyl groups is 2. The molecule has 0 radical (unpaired) electrons. The summed E-state index contributed by atoms with van der Waals surface area (Å²) in [5, 5.41) is 22.8. The topological polar surface area (TPSA) is 231 Å². The van der Waals surface area contributed by atoms with Crippen molar-refractivity contribution in [3.63, 3.8) is 0 Å². The highest BCUT2D eigenvalue weighted by molar-refractivity contribution is 7.34. The Morgan fingerprint density at radius 1 is 1.26 bits per heavy atom. The van der Waals surface area contributed by atoms with Gasteiger partial charge in [-0.25, -0.2) is 14.8 Å². The third-order valence-electron chi connectivity index (χ3n) is 7.88. The van der Waals surface area contributed by atoms with Crippen molar-refractivity contribution in [1.82, 2.24) is 24.5 Å². The van der Waals surface area contributed by atoms with Gasteiger partial charge in [-0.05, 0) is 38.1 Å². The molecule has 5 heterocycles. The molecule has 0 saturated carbocycles. The summed E-state index contributed by atoms with van der Waals surface area (Å²) in [6, 6.07) is 7.22. The van der Waals surface area contributed by atoms with E-state index in [1.165, 1.54) is 31.9 Å². The Hall–Kier alpha value is -4.25. The molecule has 47 heavy (non-hydrogen) atoms.